The Kier molecular flexibility index (Phi) is 4.96. The number of fused-ring (bicyclic) bond motifs is 1. The van der Waals surface area contributed by atoms with Crippen LogP contribution >= 0.6 is 0 Å². The second-order valence-electron chi connectivity index (χ2n) is 6.63. The Bertz CT molecular complexity index is 1150. The Morgan fingerprint density at radius 1 is 0.966 bits per heavy atom. The summed E-state index contributed by atoms with van der Waals surface area (Å²) in [6, 6.07) is 21.1. The first-order chi connectivity index (χ1) is 13.9. The Morgan fingerprint density at radius 2 is 1.66 bits per heavy atom. The van der Waals surface area contributed by atoms with Gasteiger partial charge in [0.05, 0.1) is 5.69 Å². The van der Waals surface area contributed by atoms with Crippen LogP contribution in [0.2, 0.25) is 0 Å². The monoisotopic (exact) mass is 409 g/mol. The van der Waals surface area contributed by atoms with Gasteiger partial charge in [-0.3, -0.25) is 4.79 Å². The van der Waals surface area contributed by atoms with Crippen LogP contribution in [-0.2, 0) is 14.8 Å². The molecule has 0 saturated carbocycles. The van der Waals surface area contributed by atoms with Crippen LogP contribution in [0.1, 0.15) is 5.56 Å². The van der Waals surface area contributed by atoms with Gasteiger partial charge in [-0.2, -0.15) is 4.72 Å². The lowest BCUT2D eigenvalue weighted by Crippen LogP contribution is -2.51. The van der Waals surface area contributed by atoms with Gasteiger partial charge in [-0.1, -0.05) is 24.3 Å². The van der Waals surface area contributed by atoms with Crippen molar-refractivity contribution in [3.63, 3.8) is 0 Å². The summed E-state index contributed by atoms with van der Waals surface area (Å²) < 4.78 is 32.9. The fourth-order valence-corrected chi connectivity index (χ4v) is 4.22. The van der Waals surface area contributed by atoms with Crippen LogP contribution in [0.3, 0.4) is 0 Å². The van der Waals surface area contributed by atoms with Gasteiger partial charge in [-0.05, 0) is 61.0 Å². The van der Waals surface area contributed by atoms with E-state index in [4.69, 9.17) is 4.74 Å². The number of hydrogen-bond acceptors (Lipinski definition) is 5. The fraction of sp³-hybridized carbons (Fsp3) is 0.0952. The molecule has 0 spiro atoms. The molecule has 1 aliphatic rings. The maximum absolute atomic E-state index is 12.6. The Labute approximate surface area is 168 Å². The molecule has 8 heteroatoms. The largest absolute Gasteiger partial charge is 0.457 e. The molecular formula is C21H19N3O4S. The summed E-state index contributed by atoms with van der Waals surface area (Å²) in [5, 5.41) is 5.63. The average molecular weight is 409 g/mol. The topological polar surface area (TPSA) is 96.5 Å². The van der Waals surface area contributed by atoms with Gasteiger partial charge in [-0.15, -0.1) is 0 Å². The summed E-state index contributed by atoms with van der Waals surface area (Å²) in [7, 11) is -3.78. The molecule has 0 saturated heterocycles. The Morgan fingerprint density at radius 3 is 2.38 bits per heavy atom. The molecule has 148 valence electrons. The molecule has 0 fully saturated rings. The van der Waals surface area contributed by atoms with Gasteiger partial charge < -0.3 is 15.4 Å². The second kappa shape index (κ2) is 7.57. The summed E-state index contributed by atoms with van der Waals surface area (Å²) in [5.41, 5.74) is 1.81. The van der Waals surface area contributed by atoms with Crippen LogP contribution in [0.25, 0.3) is 0 Å². The summed E-state index contributed by atoms with van der Waals surface area (Å²) in [4.78, 5) is 12.7. The fourth-order valence-electron chi connectivity index (χ4n) is 2.96. The van der Waals surface area contributed by atoms with Crippen molar-refractivity contribution in [2.75, 3.05) is 10.6 Å². The first-order valence-corrected chi connectivity index (χ1v) is 10.4. The Balaban J connectivity index is 1.45. The van der Waals surface area contributed by atoms with Crippen molar-refractivity contribution < 1.29 is 17.9 Å². The number of para-hydroxylation sites is 1. The first-order valence-electron chi connectivity index (χ1n) is 8.94. The molecule has 3 aromatic carbocycles. The third-order valence-electron chi connectivity index (χ3n) is 4.36. The number of carbonyl (C=O) groups is 1. The summed E-state index contributed by atoms with van der Waals surface area (Å²) in [6.45, 7) is 1.85. The van der Waals surface area contributed by atoms with Crippen LogP contribution in [-0.4, -0.2) is 20.5 Å². The molecule has 1 heterocycles. The van der Waals surface area contributed by atoms with E-state index >= 15 is 0 Å². The maximum Gasteiger partial charge on any atom is 0.262 e. The van der Waals surface area contributed by atoms with Crippen LogP contribution < -0.4 is 20.1 Å². The highest BCUT2D eigenvalue weighted by Crippen LogP contribution is 2.27. The zero-order chi connectivity index (χ0) is 20.4. The number of amides is 1. The smallest absolute Gasteiger partial charge is 0.262 e. The molecule has 0 unspecified atom stereocenters. The van der Waals surface area contributed by atoms with Gasteiger partial charge in [0.2, 0.25) is 10.0 Å². The molecule has 1 atom stereocenters. The average Bonchev–Trinajstić information content (AvgIpc) is 2.69. The quantitative estimate of drug-likeness (QED) is 0.613. The molecular weight excluding hydrogens is 390 g/mol. The van der Waals surface area contributed by atoms with Crippen molar-refractivity contribution in [2.45, 2.75) is 18.0 Å². The highest BCUT2D eigenvalue weighted by atomic mass is 32.2. The van der Waals surface area contributed by atoms with Crippen molar-refractivity contribution in [3.05, 3.63) is 78.4 Å². The summed E-state index contributed by atoms with van der Waals surface area (Å²) >= 11 is 0. The SMILES string of the molecule is Cc1ccc2c(c1)N[C@H](C(=O)Nc1ccc(Oc3ccccc3)cc1)NS2(=O)=O. The van der Waals surface area contributed by atoms with Crippen molar-refractivity contribution in [2.24, 2.45) is 0 Å². The van der Waals surface area contributed by atoms with Gasteiger partial charge in [0.1, 0.15) is 16.4 Å². The summed E-state index contributed by atoms with van der Waals surface area (Å²) in [6.07, 6.45) is -1.12. The molecule has 0 aromatic heterocycles. The predicted molar refractivity (Wildman–Crippen MR) is 110 cm³/mol. The zero-order valence-electron chi connectivity index (χ0n) is 15.5. The lowest BCUT2D eigenvalue weighted by atomic mass is 10.2. The van der Waals surface area contributed by atoms with E-state index in [0.29, 0.717) is 22.9 Å². The van der Waals surface area contributed by atoms with E-state index in [0.717, 1.165) is 5.56 Å². The summed E-state index contributed by atoms with van der Waals surface area (Å²) in [5.74, 6) is 0.812. The van der Waals surface area contributed by atoms with Gasteiger partial charge >= 0.3 is 0 Å². The second-order valence-corrected chi connectivity index (χ2v) is 8.31. The highest BCUT2D eigenvalue weighted by molar-refractivity contribution is 7.89. The van der Waals surface area contributed by atoms with Crippen molar-refractivity contribution in [3.8, 4) is 11.5 Å². The molecule has 29 heavy (non-hydrogen) atoms. The van der Waals surface area contributed by atoms with E-state index < -0.39 is 22.1 Å². The van der Waals surface area contributed by atoms with Gasteiger partial charge in [0, 0.05) is 5.69 Å². The molecule has 7 nitrogen and oxygen atoms in total. The first kappa shape index (κ1) is 19.0. The lowest BCUT2D eigenvalue weighted by molar-refractivity contribution is -0.117. The van der Waals surface area contributed by atoms with E-state index in [9.17, 15) is 13.2 Å². The van der Waals surface area contributed by atoms with Gasteiger partial charge in [0.15, 0.2) is 6.17 Å². The number of rotatable bonds is 4. The van der Waals surface area contributed by atoms with E-state index in [-0.39, 0.29) is 4.90 Å². The number of carbonyl (C=O) groups excluding carboxylic acids is 1. The standard InChI is InChI=1S/C21H19N3O4S/c1-14-7-12-19-18(13-14)23-20(24-29(19,26)27)21(25)22-15-8-10-17(11-9-15)28-16-5-3-2-4-6-16/h2-13,20,23-24H,1H3,(H,22,25)/t20-/m0/s1. The third-order valence-corrected chi connectivity index (χ3v) is 5.84. The van der Waals surface area contributed by atoms with Crippen molar-refractivity contribution in [1.82, 2.24) is 4.72 Å². The van der Waals surface area contributed by atoms with Gasteiger partial charge in [0.25, 0.3) is 5.91 Å². The lowest BCUT2D eigenvalue weighted by Gasteiger charge is -2.27. The number of aryl methyl sites for hydroxylation is 1. The molecule has 0 radical (unpaired) electrons. The number of hydrogen-bond donors (Lipinski definition) is 3. The molecule has 3 N–H and O–H groups in total. The van der Waals surface area contributed by atoms with E-state index in [1.165, 1.54) is 6.07 Å². The van der Waals surface area contributed by atoms with Crippen LogP contribution in [0.15, 0.2) is 77.7 Å². The number of anilines is 2. The van der Waals surface area contributed by atoms with Crippen LogP contribution in [0, 0.1) is 6.92 Å². The number of ether oxygens (including phenoxy) is 1. The van der Waals surface area contributed by atoms with Crippen LogP contribution in [0.5, 0.6) is 11.5 Å². The van der Waals surface area contributed by atoms with Crippen molar-refractivity contribution >= 4 is 27.3 Å². The molecule has 1 aliphatic heterocycles. The van der Waals surface area contributed by atoms with Crippen LogP contribution in [0.4, 0.5) is 11.4 Å². The Hall–Kier alpha value is -3.36. The molecule has 0 bridgehead atoms. The van der Waals surface area contributed by atoms with Crippen molar-refractivity contribution in [1.29, 1.82) is 0 Å². The normalized spacial score (nSPS) is 16.9. The molecule has 0 aliphatic carbocycles. The molecule has 1 amide bonds. The minimum Gasteiger partial charge on any atom is -0.457 e. The minimum atomic E-state index is -3.78. The van der Waals surface area contributed by atoms with E-state index in [2.05, 4.69) is 15.4 Å². The minimum absolute atomic E-state index is 0.120. The maximum atomic E-state index is 12.6. The number of benzene rings is 3. The van der Waals surface area contributed by atoms with E-state index in [1.54, 1.807) is 36.4 Å². The molecule has 3 aromatic rings. The number of nitrogens with one attached hydrogen (secondary N) is 3. The zero-order valence-corrected chi connectivity index (χ0v) is 16.4. The molecule has 4 rings (SSSR count). The third kappa shape index (κ3) is 4.23. The number of sulfonamides is 1. The van der Waals surface area contributed by atoms with Gasteiger partial charge in [-0.25, -0.2) is 8.42 Å². The van der Waals surface area contributed by atoms with E-state index in [1.807, 2.05) is 37.3 Å². The predicted octanol–water partition coefficient (Wildman–Crippen LogP) is 3.46. The highest BCUT2D eigenvalue weighted by Gasteiger charge is 2.33.